The van der Waals surface area contributed by atoms with Gasteiger partial charge in [0.2, 0.25) is 10.0 Å². The predicted molar refractivity (Wildman–Crippen MR) is 134 cm³/mol. The standard InChI is InChI=1S/C26H32FN5O2S/c1-2-22-10-11-26(20-6-4-3-5-7-20)35(33,34)32(22)17-21-8-9-24(16-25(21)27)30-14-12-23(13-15-30)31-18-28-29-19-31/h3-9,16,18-19,22-23,26H,2,10-15,17H2,1H3/t22-,26?/m0/s1. The molecule has 2 aliphatic rings. The van der Waals surface area contributed by atoms with Crippen molar-refractivity contribution in [2.75, 3.05) is 18.0 Å². The van der Waals surface area contributed by atoms with Gasteiger partial charge in [-0.15, -0.1) is 10.2 Å². The lowest BCUT2D eigenvalue weighted by Gasteiger charge is -2.39. The van der Waals surface area contributed by atoms with Gasteiger partial charge in [-0.05, 0) is 49.8 Å². The smallest absolute Gasteiger partial charge is 0.221 e. The Hall–Kier alpha value is -2.78. The van der Waals surface area contributed by atoms with Crippen LogP contribution in [0.5, 0.6) is 0 Å². The van der Waals surface area contributed by atoms with E-state index in [1.54, 1.807) is 24.8 Å². The van der Waals surface area contributed by atoms with Crippen LogP contribution in [-0.4, -0.2) is 46.6 Å². The molecular formula is C26H32FN5O2S. The number of aromatic nitrogens is 3. The minimum Gasteiger partial charge on any atom is -0.371 e. The number of hydrogen-bond acceptors (Lipinski definition) is 5. The fourth-order valence-corrected chi connectivity index (χ4v) is 7.74. The van der Waals surface area contributed by atoms with Crippen LogP contribution in [0.2, 0.25) is 0 Å². The van der Waals surface area contributed by atoms with Gasteiger partial charge in [0.15, 0.2) is 0 Å². The van der Waals surface area contributed by atoms with Gasteiger partial charge in [-0.1, -0.05) is 43.3 Å². The van der Waals surface area contributed by atoms with Gasteiger partial charge in [-0.3, -0.25) is 0 Å². The van der Waals surface area contributed by atoms with Crippen molar-refractivity contribution in [2.45, 2.75) is 62.9 Å². The Morgan fingerprint density at radius 2 is 1.69 bits per heavy atom. The average molecular weight is 498 g/mol. The largest absolute Gasteiger partial charge is 0.371 e. The number of hydrogen-bond donors (Lipinski definition) is 0. The second kappa shape index (κ2) is 10.1. The van der Waals surface area contributed by atoms with Gasteiger partial charge in [-0.25, -0.2) is 12.8 Å². The molecule has 0 aliphatic carbocycles. The molecule has 3 heterocycles. The normalized spacial score (nSPS) is 23.4. The van der Waals surface area contributed by atoms with Crippen molar-refractivity contribution in [3.8, 4) is 0 Å². The number of sulfonamides is 1. The van der Waals surface area contributed by atoms with E-state index in [0.717, 1.165) is 43.6 Å². The maximum Gasteiger partial charge on any atom is 0.221 e. The van der Waals surface area contributed by atoms with Crippen molar-refractivity contribution in [3.63, 3.8) is 0 Å². The number of halogens is 1. The third kappa shape index (κ3) is 4.84. The van der Waals surface area contributed by atoms with E-state index in [-0.39, 0.29) is 18.4 Å². The van der Waals surface area contributed by atoms with E-state index in [0.29, 0.717) is 24.4 Å². The Morgan fingerprint density at radius 3 is 2.34 bits per heavy atom. The maximum absolute atomic E-state index is 15.3. The first kappa shape index (κ1) is 23.9. The first-order chi connectivity index (χ1) is 17.0. The molecule has 9 heteroatoms. The summed E-state index contributed by atoms with van der Waals surface area (Å²) in [5, 5.41) is 7.20. The molecule has 1 aromatic heterocycles. The Labute approximate surface area is 206 Å². The lowest BCUT2D eigenvalue weighted by Crippen LogP contribution is -2.46. The highest BCUT2D eigenvalue weighted by Crippen LogP contribution is 2.39. The molecular weight excluding hydrogens is 465 g/mol. The summed E-state index contributed by atoms with van der Waals surface area (Å²) in [6.45, 7) is 3.70. The predicted octanol–water partition coefficient (Wildman–Crippen LogP) is 4.70. The molecule has 0 N–H and O–H groups in total. The fourth-order valence-electron chi connectivity index (χ4n) is 5.49. The van der Waals surface area contributed by atoms with Crippen LogP contribution < -0.4 is 4.90 Å². The highest BCUT2D eigenvalue weighted by atomic mass is 32.2. The van der Waals surface area contributed by atoms with Crippen molar-refractivity contribution in [2.24, 2.45) is 0 Å². The van der Waals surface area contributed by atoms with Crippen LogP contribution in [-0.2, 0) is 16.6 Å². The quantitative estimate of drug-likeness (QED) is 0.494. The summed E-state index contributed by atoms with van der Waals surface area (Å²) in [5.74, 6) is -0.352. The summed E-state index contributed by atoms with van der Waals surface area (Å²) in [6, 6.07) is 14.8. The van der Waals surface area contributed by atoms with E-state index in [9.17, 15) is 8.42 Å². The number of nitrogens with zero attached hydrogens (tertiary/aromatic N) is 5. The van der Waals surface area contributed by atoms with E-state index in [1.165, 1.54) is 4.31 Å². The van der Waals surface area contributed by atoms with Crippen molar-refractivity contribution < 1.29 is 12.8 Å². The molecule has 2 atom stereocenters. The van der Waals surface area contributed by atoms with Crippen molar-refractivity contribution >= 4 is 15.7 Å². The molecule has 2 aliphatic heterocycles. The molecule has 7 nitrogen and oxygen atoms in total. The highest BCUT2D eigenvalue weighted by Gasteiger charge is 2.41. The Balaban J connectivity index is 1.32. The average Bonchev–Trinajstić information content (AvgIpc) is 3.42. The third-order valence-electron chi connectivity index (χ3n) is 7.55. The van der Waals surface area contributed by atoms with Gasteiger partial charge in [0.1, 0.15) is 23.7 Å². The third-order valence-corrected chi connectivity index (χ3v) is 9.86. The van der Waals surface area contributed by atoms with Crippen LogP contribution in [0.3, 0.4) is 0 Å². The van der Waals surface area contributed by atoms with Crippen molar-refractivity contribution in [1.29, 1.82) is 0 Å². The summed E-state index contributed by atoms with van der Waals surface area (Å²) in [6.07, 6.45) is 7.44. The van der Waals surface area contributed by atoms with Gasteiger partial charge in [0, 0.05) is 43.0 Å². The van der Waals surface area contributed by atoms with Crippen LogP contribution >= 0.6 is 0 Å². The zero-order valence-corrected chi connectivity index (χ0v) is 20.8. The monoisotopic (exact) mass is 497 g/mol. The number of piperidine rings is 1. The van der Waals surface area contributed by atoms with Crippen LogP contribution in [0.15, 0.2) is 61.2 Å². The molecule has 0 radical (unpaired) electrons. The zero-order valence-electron chi connectivity index (χ0n) is 20.0. The highest BCUT2D eigenvalue weighted by molar-refractivity contribution is 7.89. The van der Waals surface area contributed by atoms with E-state index in [1.807, 2.05) is 47.9 Å². The molecule has 186 valence electrons. The molecule has 5 rings (SSSR count). The molecule has 0 spiro atoms. The van der Waals surface area contributed by atoms with Crippen LogP contribution in [0.1, 0.15) is 61.4 Å². The summed E-state index contributed by atoms with van der Waals surface area (Å²) in [4.78, 5) is 2.19. The molecule has 0 saturated carbocycles. The van der Waals surface area contributed by atoms with Gasteiger partial charge in [0.05, 0.1) is 0 Å². The molecule has 0 bridgehead atoms. The number of anilines is 1. The Bertz CT molecular complexity index is 1230. The molecule has 35 heavy (non-hydrogen) atoms. The van der Waals surface area contributed by atoms with E-state index >= 15 is 4.39 Å². The summed E-state index contributed by atoms with van der Waals surface area (Å²) in [7, 11) is -3.61. The Kier molecular flexibility index (Phi) is 6.88. The molecule has 1 unspecified atom stereocenters. The second-order valence-electron chi connectivity index (χ2n) is 9.53. The van der Waals surface area contributed by atoms with Crippen LogP contribution in [0, 0.1) is 5.82 Å². The SMILES string of the molecule is CC[C@H]1CCC(c2ccccc2)S(=O)(=O)N1Cc1ccc(N2CCC(n3cnnc3)CC2)cc1F. The number of benzene rings is 2. The van der Waals surface area contributed by atoms with Crippen LogP contribution in [0.4, 0.5) is 10.1 Å². The molecule has 3 aromatic rings. The van der Waals surface area contributed by atoms with E-state index in [4.69, 9.17) is 0 Å². The molecule has 2 saturated heterocycles. The summed E-state index contributed by atoms with van der Waals surface area (Å²) in [5.41, 5.74) is 2.06. The molecule has 2 fully saturated rings. The maximum atomic E-state index is 15.3. The first-order valence-electron chi connectivity index (χ1n) is 12.4. The fraction of sp³-hybridized carbons (Fsp3) is 0.462. The minimum absolute atomic E-state index is 0.0615. The second-order valence-corrected chi connectivity index (χ2v) is 11.6. The van der Waals surface area contributed by atoms with Crippen molar-refractivity contribution in [3.05, 3.63) is 78.1 Å². The Morgan fingerprint density at radius 1 is 0.971 bits per heavy atom. The van der Waals surface area contributed by atoms with Gasteiger partial charge >= 0.3 is 0 Å². The summed E-state index contributed by atoms with van der Waals surface area (Å²) < 4.78 is 46.1. The lowest BCUT2D eigenvalue weighted by molar-refractivity contribution is 0.257. The van der Waals surface area contributed by atoms with Gasteiger partial charge in [-0.2, -0.15) is 4.31 Å². The van der Waals surface area contributed by atoms with Gasteiger partial charge < -0.3 is 9.47 Å². The topological polar surface area (TPSA) is 71.3 Å². The minimum atomic E-state index is -3.61. The summed E-state index contributed by atoms with van der Waals surface area (Å²) >= 11 is 0. The number of rotatable bonds is 6. The zero-order chi connectivity index (χ0) is 24.4. The molecule has 0 amide bonds. The van der Waals surface area contributed by atoms with E-state index < -0.39 is 15.3 Å². The van der Waals surface area contributed by atoms with Crippen molar-refractivity contribution in [1.82, 2.24) is 19.1 Å². The van der Waals surface area contributed by atoms with E-state index in [2.05, 4.69) is 15.1 Å². The van der Waals surface area contributed by atoms with Crippen LogP contribution in [0.25, 0.3) is 0 Å². The first-order valence-corrected chi connectivity index (χ1v) is 13.9. The lowest BCUT2D eigenvalue weighted by atomic mass is 10.0. The molecule has 2 aromatic carbocycles. The van der Waals surface area contributed by atoms with Gasteiger partial charge in [0.25, 0.3) is 0 Å².